The minimum Gasteiger partial charge on any atom is -0.481 e. The fourth-order valence-electron chi connectivity index (χ4n) is 4.18. The molecule has 3 fully saturated rings. The highest BCUT2D eigenvalue weighted by Gasteiger charge is 2.31. The first-order chi connectivity index (χ1) is 12.6. The number of aliphatic carboxylic acids is 1. The van der Waals surface area contributed by atoms with Crippen molar-refractivity contribution in [2.45, 2.75) is 44.2 Å². The molecule has 0 aromatic rings. The number of nitrogens with zero attached hydrogens (tertiary/aromatic N) is 3. The van der Waals surface area contributed by atoms with Crippen molar-refractivity contribution >= 4 is 12.0 Å². The van der Waals surface area contributed by atoms with Gasteiger partial charge < -0.3 is 25.0 Å². The molecule has 0 unspecified atom stereocenters. The minimum absolute atomic E-state index is 0.0421. The highest BCUT2D eigenvalue weighted by Crippen LogP contribution is 2.18. The van der Waals surface area contributed by atoms with Crippen LogP contribution in [0.5, 0.6) is 0 Å². The lowest BCUT2D eigenvalue weighted by Crippen LogP contribution is -2.57. The number of nitrogens with one attached hydrogen (secondary N) is 1. The number of carboxylic acids is 1. The van der Waals surface area contributed by atoms with Crippen molar-refractivity contribution in [1.29, 1.82) is 0 Å². The molecule has 0 aromatic heterocycles. The number of carboxylic acid groups (broad SMARTS) is 1. The van der Waals surface area contributed by atoms with Crippen molar-refractivity contribution in [3.8, 4) is 0 Å². The SMILES string of the molecule is O=C(O)CCOC1CCN(C(=O)N2CCN(C3CCNCC3)CC2)CC1. The average molecular weight is 368 g/mol. The quantitative estimate of drug-likeness (QED) is 0.732. The fourth-order valence-corrected chi connectivity index (χ4v) is 4.18. The third-order valence-electron chi connectivity index (χ3n) is 5.79. The third kappa shape index (κ3) is 5.31. The van der Waals surface area contributed by atoms with E-state index < -0.39 is 5.97 Å². The lowest BCUT2D eigenvalue weighted by atomic mass is 10.0. The number of carbonyl (C=O) groups is 2. The van der Waals surface area contributed by atoms with Crippen LogP contribution in [0.1, 0.15) is 32.1 Å². The van der Waals surface area contributed by atoms with Gasteiger partial charge in [-0.25, -0.2) is 4.79 Å². The Bertz CT molecular complexity index is 468. The van der Waals surface area contributed by atoms with Crippen molar-refractivity contribution in [2.24, 2.45) is 0 Å². The molecule has 8 nitrogen and oxygen atoms in total. The summed E-state index contributed by atoms with van der Waals surface area (Å²) >= 11 is 0. The first kappa shape index (κ1) is 19.4. The summed E-state index contributed by atoms with van der Waals surface area (Å²) in [6, 6.07) is 0.825. The topological polar surface area (TPSA) is 85.3 Å². The van der Waals surface area contributed by atoms with E-state index in [1.165, 1.54) is 12.8 Å². The fraction of sp³-hybridized carbons (Fsp3) is 0.889. The number of amides is 2. The van der Waals surface area contributed by atoms with Gasteiger partial charge in [0.1, 0.15) is 0 Å². The van der Waals surface area contributed by atoms with Crippen LogP contribution in [0.25, 0.3) is 0 Å². The zero-order chi connectivity index (χ0) is 18.4. The molecule has 26 heavy (non-hydrogen) atoms. The summed E-state index contributed by atoms with van der Waals surface area (Å²) in [7, 11) is 0. The molecule has 8 heteroatoms. The van der Waals surface area contributed by atoms with Gasteiger partial charge in [-0.2, -0.15) is 0 Å². The molecule has 3 aliphatic heterocycles. The molecular formula is C18H32N4O4. The molecule has 0 saturated carbocycles. The number of hydrogen-bond donors (Lipinski definition) is 2. The molecule has 0 aliphatic carbocycles. The monoisotopic (exact) mass is 368 g/mol. The Labute approximate surface area is 155 Å². The van der Waals surface area contributed by atoms with Crippen LogP contribution in [-0.4, -0.2) is 103 Å². The van der Waals surface area contributed by atoms with Gasteiger partial charge in [-0.15, -0.1) is 0 Å². The van der Waals surface area contributed by atoms with Gasteiger partial charge in [-0.1, -0.05) is 0 Å². The average Bonchev–Trinajstić information content (AvgIpc) is 2.68. The van der Waals surface area contributed by atoms with Gasteiger partial charge in [0.25, 0.3) is 0 Å². The maximum absolute atomic E-state index is 12.8. The maximum Gasteiger partial charge on any atom is 0.320 e. The molecule has 2 amide bonds. The van der Waals surface area contributed by atoms with Gasteiger partial charge >= 0.3 is 12.0 Å². The Balaban J connectivity index is 1.36. The number of urea groups is 1. The van der Waals surface area contributed by atoms with Crippen LogP contribution in [0, 0.1) is 0 Å². The molecule has 0 spiro atoms. The van der Waals surface area contributed by atoms with Crippen molar-refractivity contribution in [1.82, 2.24) is 20.0 Å². The summed E-state index contributed by atoms with van der Waals surface area (Å²) in [4.78, 5) is 29.8. The number of carbonyl (C=O) groups excluding carboxylic acids is 1. The van der Waals surface area contributed by atoms with E-state index in [0.29, 0.717) is 19.1 Å². The van der Waals surface area contributed by atoms with Gasteiger partial charge in [-0.3, -0.25) is 9.69 Å². The van der Waals surface area contributed by atoms with Crippen LogP contribution >= 0.6 is 0 Å². The van der Waals surface area contributed by atoms with Gasteiger partial charge in [0.05, 0.1) is 19.1 Å². The predicted octanol–water partition coefficient (Wildman–Crippen LogP) is 0.432. The molecule has 3 saturated heterocycles. The van der Waals surface area contributed by atoms with E-state index >= 15 is 0 Å². The van der Waals surface area contributed by atoms with Crippen LogP contribution in [0.2, 0.25) is 0 Å². The molecule has 0 radical (unpaired) electrons. The minimum atomic E-state index is -0.832. The van der Waals surface area contributed by atoms with Crippen molar-refractivity contribution in [2.75, 3.05) is 59.0 Å². The van der Waals surface area contributed by atoms with Crippen LogP contribution in [0.4, 0.5) is 4.79 Å². The predicted molar refractivity (Wildman–Crippen MR) is 97.2 cm³/mol. The number of piperazine rings is 1. The maximum atomic E-state index is 12.8. The normalized spacial score (nSPS) is 24.0. The van der Waals surface area contributed by atoms with E-state index in [0.717, 1.165) is 52.1 Å². The molecule has 3 aliphatic rings. The van der Waals surface area contributed by atoms with E-state index in [9.17, 15) is 9.59 Å². The molecule has 148 valence electrons. The summed E-state index contributed by atoms with van der Waals surface area (Å²) in [6.07, 6.45) is 4.13. The number of ether oxygens (including phenoxy) is 1. The number of piperidine rings is 2. The van der Waals surface area contributed by atoms with Gasteiger partial charge in [0.2, 0.25) is 0 Å². The zero-order valence-electron chi connectivity index (χ0n) is 15.6. The van der Waals surface area contributed by atoms with Crippen molar-refractivity contribution < 1.29 is 19.4 Å². The summed E-state index contributed by atoms with van der Waals surface area (Å²) in [6.45, 7) is 7.45. The second-order valence-electron chi connectivity index (χ2n) is 7.49. The number of hydrogen-bond acceptors (Lipinski definition) is 5. The van der Waals surface area contributed by atoms with Gasteiger partial charge in [-0.05, 0) is 38.8 Å². The lowest BCUT2D eigenvalue weighted by molar-refractivity contribution is -0.138. The molecule has 0 atom stereocenters. The molecule has 0 bridgehead atoms. The van der Waals surface area contributed by atoms with Crippen LogP contribution in [0.3, 0.4) is 0 Å². The van der Waals surface area contributed by atoms with Crippen LogP contribution < -0.4 is 5.32 Å². The third-order valence-corrected chi connectivity index (χ3v) is 5.79. The van der Waals surface area contributed by atoms with E-state index in [1.54, 1.807) is 0 Å². The molecule has 2 N–H and O–H groups in total. The Hall–Kier alpha value is -1.38. The highest BCUT2D eigenvalue weighted by atomic mass is 16.5. The first-order valence-electron chi connectivity index (χ1n) is 9.95. The van der Waals surface area contributed by atoms with Crippen molar-refractivity contribution in [3.63, 3.8) is 0 Å². The summed E-state index contributed by atoms with van der Waals surface area (Å²) < 4.78 is 5.60. The van der Waals surface area contributed by atoms with Crippen LogP contribution in [0.15, 0.2) is 0 Å². The van der Waals surface area contributed by atoms with E-state index in [1.807, 2.05) is 9.80 Å². The number of rotatable bonds is 5. The summed E-state index contributed by atoms with van der Waals surface area (Å²) in [5.74, 6) is -0.832. The zero-order valence-corrected chi connectivity index (χ0v) is 15.6. The van der Waals surface area contributed by atoms with E-state index in [4.69, 9.17) is 9.84 Å². The first-order valence-corrected chi connectivity index (χ1v) is 9.95. The summed E-state index contributed by atoms with van der Waals surface area (Å²) in [5, 5.41) is 12.1. The molecule has 3 heterocycles. The number of likely N-dealkylation sites (tertiary alicyclic amines) is 1. The standard InChI is InChI=1S/C18H32N4O4/c23-17(24)5-14-26-16-3-8-21(9-4-16)18(25)22-12-10-20(11-13-22)15-1-6-19-7-2-15/h15-16,19H,1-14H2,(H,23,24). The Morgan fingerprint density at radius 1 is 0.923 bits per heavy atom. The van der Waals surface area contributed by atoms with Gasteiger partial charge in [0, 0.05) is 45.3 Å². The lowest BCUT2D eigenvalue weighted by Gasteiger charge is -2.43. The second kappa shape index (κ2) is 9.53. The Morgan fingerprint density at radius 3 is 2.15 bits per heavy atom. The smallest absolute Gasteiger partial charge is 0.320 e. The summed E-state index contributed by atoms with van der Waals surface area (Å²) in [5.41, 5.74) is 0. The molecule has 0 aromatic carbocycles. The molecule has 3 rings (SSSR count). The largest absolute Gasteiger partial charge is 0.481 e. The second-order valence-corrected chi connectivity index (χ2v) is 7.49. The Morgan fingerprint density at radius 2 is 1.54 bits per heavy atom. The molecular weight excluding hydrogens is 336 g/mol. The van der Waals surface area contributed by atoms with Crippen LogP contribution in [-0.2, 0) is 9.53 Å². The Kier molecular flexibility index (Phi) is 7.10. The highest BCUT2D eigenvalue weighted by molar-refractivity contribution is 5.74. The van der Waals surface area contributed by atoms with E-state index in [-0.39, 0.29) is 25.2 Å². The van der Waals surface area contributed by atoms with Crippen molar-refractivity contribution in [3.05, 3.63) is 0 Å². The van der Waals surface area contributed by atoms with E-state index in [2.05, 4.69) is 10.2 Å². The van der Waals surface area contributed by atoms with Gasteiger partial charge in [0.15, 0.2) is 0 Å².